The monoisotopic (exact) mass is 214 g/mol. The molecule has 2 N–H and O–H groups in total. The highest BCUT2D eigenvalue weighted by Gasteiger charge is 2.23. The molecule has 0 saturated heterocycles. The fourth-order valence-corrected chi connectivity index (χ4v) is 1.42. The van der Waals surface area contributed by atoms with E-state index in [1.165, 1.54) is 0 Å². The van der Waals surface area contributed by atoms with E-state index in [1.807, 2.05) is 6.92 Å². The summed E-state index contributed by atoms with van der Waals surface area (Å²) in [6.07, 6.45) is 3.38. The van der Waals surface area contributed by atoms with Gasteiger partial charge < -0.3 is 15.4 Å². The van der Waals surface area contributed by atoms with Crippen molar-refractivity contribution >= 4 is 12.2 Å². The van der Waals surface area contributed by atoms with Gasteiger partial charge in [-0.1, -0.05) is 20.3 Å². The topological polar surface area (TPSA) is 63.4 Å². The van der Waals surface area contributed by atoms with Gasteiger partial charge in [-0.2, -0.15) is 0 Å². The summed E-state index contributed by atoms with van der Waals surface area (Å²) >= 11 is 0. The molecular weight excluding hydrogens is 192 g/mol. The Bertz CT molecular complexity index is 205. The van der Waals surface area contributed by atoms with Crippen LogP contribution in [0.15, 0.2) is 0 Å². The Morgan fingerprint density at radius 2 is 2.07 bits per heavy atom. The molecule has 0 bridgehead atoms. The maximum atomic E-state index is 11.8. The molecule has 0 aliphatic heterocycles. The Hall–Kier alpha value is -0.900. The van der Waals surface area contributed by atoms with E-state index < -0.39 is 6.04 Å². The Morgan fingerprint density at radius 1 is 1.47 bits per heavy atom. The zero-order valence-corrected chi connectivity index (χ0v) is 9.90. The van der Waals surface area contributed by atoms with E-state index in [2.05, 4.69) is 6.92 Å². The average Bonchev–Trinajstić information content (AvgIpc) is 2.23. The van der Waals surface area contributed by atoms with Crippen LogP contribution in [0.1, 0.15) is 40.0 Å². The van der Waals surface area contributed by atoms with Crippen LogP contribution >= 0.6 is 0 Å². The van der Waals surface area contributed by atoms with E-state index in [0.29, 0.717) is 13.0 Å². The number of hydrogen-bond acceptors (Lipinski definition) is 3. The van der Waals surface area contributed by atoms with Gasteiger partial charge in [0, 0.05) is 6.54 Å². The van der Waals surface area contributed by atoms with Crippen molar-refractivity contribution in [1.82, 2.24) is 4.90 Å². The van der Waals surface area contributed by atoms with Gasteiger partial charge in [0.05, 0.1) is 12.1 Å². The Balaban J connectivity index is 4.54. The standard InChI is InChI=1S/C11H22N2O2/c1-4-6-7-13(10(5-2)8-14)11(15)9(3)12/h8-10H,4-7,12H2,1-3H3/t9-,10-/m0/s1. The summed E-state index contributed by atoms with van der Waals surface area (Å²) in [6.45, 7) is 6.22. The fraction of sp³-hybridized carbons (Fsp3) is 0.818. The normalized spacial score (nSPS) is 14.4. The third kappa shape index (κ3) is 4.42. The highest BCUT2D eigenvalue weighted by atomic mass is 16.2. The second-order valence-electron chi connectivity index (χ2n) is 3.79. The van der Waals surface area contributed by atoms with Crippen LogP contribution in [-0.2, 0) is 9.59 Å². The molecule has 2 atom stereocenters. The van der Waals surface area contributed by atoms with Gasteiger partial charge in [-0.15, -0.1) is 0 Å². The zero-order chi connectivity index (χ0) is 11.8. The van der Waals surface area contributed by atoms with Crippen molar-refractivity contribution < 1.29 is 9.59 Å². The summed E-state index contributed by atoms with van der Waals surface area (Å²) in [4.78, 5) is 24.2. The van der Waals surface area contributed by atoms with Crippen molar-refractivity contribution in [1.29, 1.82) is 0 Å². The molecule has 4 nitrogen and oxygen atoms in total. The van der Waals surface area contributed by atoms with Crippen LogP contribution in [0, 0.1) is 0 Å². The molecule has 88 valence electrons. The number of nitrogens with zero attached hydrogens (tertiary/aromatic N) is 1. The molecular formula is C11H22N2O2. The molecule has 0 fully saturated rings. The van der Waals surface area contributed by atoms with Gasteiger partial charge in [0.2, 0.25) is 5.91 Å². The predicted molar refractivity (Wildman–Crippen MR) is 60.4 cm³/mol. The van der Waals surface area contributed by atoms with Crippen LogP contribution in [-0.4, -0.2) is 35.7 Å². The molecule has 1 amide bonds. The number of rotatable bonds is 7. The molecule has 0 spiro atoms. The molecule has 0 rings (SSSR count). The SMILES string of the molecule is CCCCN(C(=O)[C@H](C)N)[C@H](C=O)CC. The second-order valence-corrected chi connectivity index (χ2v) is 3.79. The lowest BCUT2D eigenvalue weighted by molar-refractivity contribution is -0.137. The maximum absolute atomic E-state index is 11.8. The molecule has 0 aliphatic rings. The van der Waals surface area contributed by atoms with Crippen molar-refractivity contribution in [2.75, 3.05) is 6.54 Å². The van der Waals surface area contributed by atoms with Crippen LogP contribution < -0.4 is 5.73 Å². The van der Waals surface area contributed by atoms with Crippen LogP contribution in [0.25, 0.3) is 0 Å². The van der Waals surface area contributed by atoms with Crippen LogP contribution in [0.2, 0.25) is 0 Å². The van der Waals surface area contributed by atoms with Crippen molar-refractivity contribution in [3.63, 3.8) is 0 Å². The summed E-state index contributed by atoms with van der Waals surface area (Å²) in [6, 6.07) is -0.856. The third-order valence-corrected chi connectivity index (χ3v) is 2.40. The predicted octanol–water partition coefficient (Wildman–Crippen LogP) is 0.940. The highest BCUT2D eigenvalue weighted by molar-refractivity contribution is 5.84. The summed E-state index contributed by atoms with van der Waals surface area (Å²) in [5.74, 6) is -0.137. The Kier molecular flexibility index (Phi) is 6.96. The quantitative estimate of drug-likeness (QED) is 0.641. The minimum Gasteiger partial charge on any atom is -0.332 e. The van der Waals surface area contributed by atoms with E-state index in [9.17, 15) is 9.59 Å². The lowest BCUT2D eigenvalue weighted by Crippen LogP contribution is -2.48. The number of carbonyl (C=O) groups excluding carboxylic acids is 2. The molecule has 4 heteroatoms. The minimum atomic E-state index is -0.532. The van der Waals surface area contributed by atoms with Gasteiger partial charge in [0.25, 0.3) is 0 Å². The number of aldehydes is 1. The van der Waals surface area contributed by atoms with Gasteiger partial charge in [-0.25, -0.2) is 0 Å². The number of amides is 1. The smallest absolute Gasteiger partial charge is 0.239 e. The van der Waals surface area contributed by atoms with Gasteiger partial charge in [-0.05, 0) is 19.8 Å². The first-order chi connectivity index (χ1) is 7.08. The molecule has 0 saturated carbocycles. The maximum Gasteiger partial charge on any atom is 0.239 e. The Labute approximate surface area is 91.8 Å². The molecule has 0 aliphatic carbocycles. The van der Waals surface area contributed by atoms with Gasteiger partial charge in [-0.3, -0.25) is 4.79 Å². The second kappa shape index (κ2) is 7.40. The van der Waals surface area contributed by atoms with Gasteiger partial charge in [0.15, 0.2) is 0 Å². The number of carbonyl (C=O) groups is 2. The lowest BCUT2D eigenvalue weighted by Gasteiger charge is -2.29. The van der Waals surface area contributed by atoms with Crippen molar-refractivity contribution in [2.45, 2.75) is 52.1 Å². The number of nitrogens with two attached hydrogens (primary N) is 1. The van der Waals surface area contributed by atoms with E-state index in [4.69, 9.17) is 5.73 Å². The van der Waals surface area contributed by atoms with E-state index in [0.717, 1.165) is 19.1 Å². The van der Waals surface area contributed by atoms with Crippen molar-refractivity contribution in [2.24, 2.45) is 5.73 Å². The number of hydrogen-bond donors (Lipinski definition) is 1. The fourth-order valence-electron chi connectivity index (χ4n) is 1.42. The van der Waals surface area contributed by atoms with Crippen molar-refractivity contribution in [3.8, 4) is 0 Å². The summed E-state index contributed by atoms with van der Waals surface area (Å²) in [5.41, 5.74) is 5.55. The third-order valence-electron chi connectivity index (χ3n) is 2.40. The average molecular weight is 214 g/mol. The van der Waals surface area contributed by atoms with Crippen LogP contribution in [0.3, 0.4) is 0 Å². The van der Waals surface area contributed by atoms with E-state index in [-0.39, 0.29) is 11.9 Å². The molecule has 15 heavy (non-hydrogen) atoms. The summed E-state index contributed by atoms with van der Waals surface area (Å²) in [5, 5.41) is 0. The van der Waals surface area contributed by atoms with Gasteiger partial charge >= 0.3 is 0 Å². The molecule has 0 heterocycles. The number of unbranched alkanes of at least 4 members (excludes halogenated alkanes) is 1. The Morgan fingerprint density at radius 3 is 2.40 bits per heavy atom. The molecule has 0 aromatic carbocycles. The molecule has 0 unspecified atom stereocenters. The van der Waals surface area contributed by atoms with E-state index in [1.54, 1.807) is 11.8 Å². The van der Waals surface area contributed by atoms with Crippen LogP contribution in [0.5, 0.6) is 0 Å². The first kappa shape index (κ1) is 14.1. The minimum absolute atomic E-state index is 0.137. The summed E-state index contributed by atoms with van der Waals surface area (Å²) in [7, 11) is 0. The lowest BCUT2D eigenvalue weighted by atomic mass is 10.1. The molecule has 0 aromatic rings. The van der Waals surface area contributed by atoms with E-state index >= 15 is 0 Å². The zero-order valence-electron chi connectivity index (χ0n) is 9.90. The largest absolute Gasteiger partial charge is 0.332 e. The molecule has 0 aromatic heterocycles. The van der Waals surface area contributed by atoms with Crippen molar-refractivity contribution in [3.05, 3.63) is 0 Å². The highest BCUT2D eigenvalue weighted by Crippen LogP contribution is 2.06. The summed E-state index contributed by atoms with van der Waals surface area (Å²) < 4.78 is 0. The first-order valence-electron chi connectivity index (χ1n) is 5.59. The van der Waals surface area contributed by atoms with Gasteiger partial charge in [0.1, 0.15) is 6.29 Å². The first-order valence-corrected chi connectivity index (χ1v) is 5.59. The van der Waals surface area contributed by atoms with Crippen LogP contribution in [0.4, 0.5) is 0 Å². The molecule has 0 radical (unpaired) electrons.